The van der Waals surface area contributed by atoms with Crippen LogP contribution >= 0.6 is 0 Å². The van der Waals surface area contributed by atoms with Gasteiger partial charge in [-0.2, -0.15) is 0 Å². The number of hydrogen-bond donors (Lipinski definition) is 0. The van der Waals surface area contributed by atoms with E-state index in [9.17, 15) is 4.79 Å². The summed E-state index contributed by atoms with van der Waals surface area (Å²) in [5.41, 5.74) is 0.982. The van der Waals surface area contributed by atoms with E-state index in [2.05, 4.69) is 33.4 Å². The summed E-state index contributed by atoms with van der Waals surface area (Å²) >= 11 is 0. The van der Waals surface area contributed by atoms with Crippen molar-refractivity contribution < 1.29 is 9.53 Å². The van der Waals surface area contributed by atoms with Gasteiger partial charge < -0.3 is 4.74 Å². The summed E-state index contributed by atoms with van der Waals surface area (Å²) < 4.78 is 5.41. The molecule has 1 saturated heterocycles. The molecule has 17 heavy (non-hydrogen) atoms. The summed E-state index contributed by atoms with van der Waals surface area (Å²) in [5.74, 6) is 0.563. The molecule has 2 heteroatoms. The molecular formula is C15H22O2. The Hall–Kier alpha value is -1.05. The normalized spacial score (nSPS) is 39.4. The van der Waals surface area contributed by atoms with Gasteiger partial charge in [0.25, 0.3) is 0 Å². The van der Waals surface area contributed by atoms with E-state index in [0.29, 0.717) is 5.92 Å². The van der Waals surface area contributed by atoms with Gasteiger partial charge in [-0.3, -0.25) is 0 Å². The zero-order valence-corrected chi connectivity index (χ0v) is 11.0. The van der Waals surface area contributed by atoms with Crippen molar-refractivity contribution in [3.63, 3.8) is 0 Å². The summed E-state index contributed by atoms with van der Waals surface area (Å²) in [6.45, 7) is 10.4. The molecule has 1 fully saturated rings. The van der Waals surface area contributed by atoms with E-state index in [-0.39, 0.29) is 23.4 Å². The molecule has 2 rings (SSSR count). The zero-order chi connectivity index (χ0) is 12.6. The van der Waals surface area contributed by atoms with Crippen molar-refractivity contribution in [1.29, 1.82) is 0 Å². The Bertz CT molecular complexity index is 365. The highest BCUT2D eigenvalue weighted by Crippen LogP contribution is 2.42. The molecule has 0 saturated carbocycles. The molecule has 3 unspecified atom stereocenters. The maximum absolute atomic E-state index is 11.9. The van der Waals surface area contributed by atoms with E-state index >= 15 is 0 Å². The fraction of sp³-hybridized carbons (Fsp3) is 0.667. The Labute approximate surface area is 104 Å². The monoisotopic (exact) mass is 234 g/mol. The number of hydrogen-bond acceptors (Lipinski definition) is 2. The Morgan fingerprint density at radius 1 is 1.53 bits per heavy atom. The molecule has 0 spiro atoms. The predicted octanol–water partition coefficient (Wildman–Crippen LogP) is 3.49. The van der Waals surface area contributed by atoms with Gasteiger partial charge in [-0.05, 0) is 24.2 Å². The van der Waals surface area contributed by atoms with E-state index in [1.54, 1.807) is 6.08 Å². The molecule has 0 aromatic carbocycles. The van der Waals surface area contributed by atoms with E-state index in [0.717, 1.165) is 18.4 Å². The maximum atomic E-state index is 11.9. The molecule has 0 radical (unpaired) electrons. The van der Waals surface area contributed by atoms with Crippen LogP contribution in [0.2, 0.25) is 0 Å². The lowest BCUT2D eigenvalue weighted by molar-refractivity contribution is -0.137. The minimum atomic E-state index is -0.137. The van der Waals surface area contributed by atoms with Gasteiger partial charge in [0.2, 0.25) is 0 Å². The third kappa shape index (κ3) is 2.31. The minimum Gasteiger partial charge on any atom is -0.454 e. The van der Waals surface area contributed by atoms with Crippen molar-refractivity contribution in [2.75, 3.05) is 0 Å². The van der Waals surface area contributed by atoms with Crippen LogP contribution in [0.1, 0.15) is 40.0 Å². The van der Waals surface area contributed by atoms with E-state index in [4.69, 9.17) is 4.74 Å². The summed E-state index contributed by atoms with van der Waals surface area (Å²) in [6, 6.07) is 0. The van der Waals surface area contributed by atoms with Crippen LogP contribution in [0.25, 0.3) is 0 Å². The molecular weight excluding hydrogens is 212 g/mol. The maximum Gasteiger partial charge on any atom is 0.334 e. The first-order chi connectivity index (χ1) is 7.94. The van der Waals surface area contributed by atoms with Crippen LogP contribution in [-0.4, -0.2) is 12.1 Å². The third-order valence-corrected chi connectivity index (χ3v) is 4.06. The lowest BCUT2D eigenvalue weighted by Gasteiger charge is -2.29. The zero-order valence-electron chi connectivity index (χ0n) is 11.0. The van der Waals surface area contributed by atoms with Crippen molar-refractivity contribution >= 4 is 5.97 Å². The van der Waals surface area contributed by atoms with Crippen LogP contribution in [0.5, 0.6) is 0 Å². The van der Waals surface area contributed by atoms with E-state index in [1.165, 1.54) is 6.42 Å². The molecule has 0 N–H and O–H groups in total. The van der Waals surface area contributed by atoms with Gasteiger partial charge in [-0.15, -0.1) is 0 Å². The predicted molar refractivity (Wildman–Crippen MR) is 68.4 cm³/mol. The van der Waals surface area contributed by atoms with Crippen molar-refractivity contribution in [3.8, 4) is 0 Å². The Morgan fingerprint density at radius 2 is 2.24 bits per heavy atom. The lowest BCUT2D eigenvalue weighted by Crippen LogP contribution is -2.25. The van der Waals surface area contributed by atoms with Crippen LogP contribution in [-0.2, 0) is 9.53 Å². The summed E-state index contributed by atoms with van der Waals surface area (Å²) in [5, 5.41) is 0. The van der Waals surface area contributed by atoms with E-state index < -0.39 is 0 Å². The smallest absolute Gasteiger partial charge is 0.334 e. The summed E-state index contributed by atoms with van der Waals surface area (Å²) in [4.78, 5) is 11.9. The SMILES string of the molecule is C=CC1OC(=O)/C2=C/C(C)(C)CCCC(C)C21. The van der Waals surface area contributed by atoms with Crippen LogP contribution in [0.15, 0.2) is 24.3 Å². The highest BCUT2D eigenvalue weighted by atomic mass is 16.5. The number of ether oxygens (including phenoxy) is 1. The van der Waals surface area contributed by atoms with Gasteiger partial charge in [0.05, 0.1) is 0 Å². The van der Waals surface area contributed by atoms with Gasteiger partial charge in [-0.1, -0.05) is 45.9 Å². The van der Waals surface area contributed by atoms with Crippen molar-refractivity contribution in [1.82, 2.24) is 0 Å². The average Bonchev–Trinajstić information content (AvgIpc) is 2.52. The molecule has 1 aliphatic carbocycles. The third-order valence-electron chi connectivity index (χ3n) is 4.06. The first kappa shape index (κ1) is 12.4. The Balaban J connectivity index is 2.42. The highest BCUT2D eigenvalue weighted by Gasteiger charge is 2.42. The quantitative estimate of drug-likeness (QED) is 0.513. The molecule has 2 nitrogen and oxygen atoms in total. The molecule has 1 aliphatic heterocycles. The molecule has 0 aromatic heterocycles. The summed E-state index contributed by atoms with van der Waals surface area (Å²) in [6.07, 6.45) is 7.30. The summed E-state index contributed by atoms with van der Waals surface area (Å²) in [7, 11) is 0. The van der Waals surface area contributed by atoms with Crippen LogP contribution in [0, 0.1) is 17.3 Å². The number of allylic oxidation sites excluding steroid dienone is 1. The van der Waals surface area contributed by atoms with Crippen LogP contribution in [0.4, 0.5) is 0 Å². The van der Waals surface area contributed by atoms with Crippen molar-refractivity contribution in [3.05, 3.63) is 24.3 Å². The number of carbonyl (C=O) groups is 1. The molecule has 3 atom stereocenters. The second-order valence-electron chi connectivity index (χ2n) is 6.09. The highest BCUT2D eigenvalue weighted by molar-refractivity contribution is 5.92. The second-order valence-corrected chi connectivity index (χ2v) is 6.09. The number of fused-ring (bicyclic) bond motifs is 1. The Morgan fingerprint density at radius 3 is 2.88 bits per heavy atom. The first-order valence-electron chi connectivity index (χ1n) is 6.51. The van der Waals surface area contributed by atoms with Crippen molar-refractivity contribution in [2.24, 2.45) is 17.3 Å². The molecule has 94 valence electrons. The van der Waals surface area contributed by atoms with Gasteiger partial charge in [-0.25, -0.2) is 4.79 Å². The lowest BCUT2D eigenvalue weighted by atomic mass is 9.73. The standard InChI is InChI=1S/C15H22O2/c1-5-12-13-10(2)7-6-8-15(3,4)9-11(13)14(16)17-12/h5,9-10,12-13H,1,6-8H2,2-4H3/b11-9+. The fourth-order valence-corrected chi connectivity index (χ4v) is 3.11. The number of cyclic esters (lactones) is 1. The minimum absolute atomic E-state index is 0.100. The molecule has 2 aliphatic rings. The second kappa shape index (κ2) is 4.32. The first-order valence-corrected chi connectivity index (χ1v) is 6.51. The van der Waals surface area contributed by atoms with Crippen molar-refractivity contribution in [2.45, 2.75) is 46.1 Å². The number of rotatable bonds is 1. The van der Waals surface area contributed by atoms with Gasteiger partial charge in [0, 0.05) is 11.5 Å². The van der Waals surface area contributed by atoms with Crippen LogP contribution < -0.4 is 0 Å². The number of esters is 1. The largest absolute Gasteiger partial charge is 0.454 e. The van der Waals surface area contributed by atoms with E-state index in [1.807, 2.05) is 0 Å². The number of carbonyl (C=O) groups excluding carboxylic acids is 1. The Kier molecular flexibility index (Phi) is 3.15. The topological polar surface area (TPSA) is 26.3 Å². The molecule has 1 heterocycles. The average molecular weight is 234 g/mol. The van der Waals surface area contributed by atoms with Gasteiger partial charge in [0.15, 0.2) is 0 Å². The van der Waals surface area contributed by atoms with Crippen LogP contribution in [0.3, 0.4) is 0 Å². The molecule has 0 bridgehead atoms. The van der Waals surface area contributed by atoms with Gasteiger partial charge >= 0.3 is 5.97 Å². The van der Waals surface area contributed by atoms with Gasteiger partial charge in [0.1, 0.15) is 6.10 Å². The fourth-order valence-electron chi connectivity index (χ4n) is 3.11. The molecule has 0 amide bonds. The molecule has 0 aromatic rings.